The second-order valence-corrected chi connectivity index (χ2v) is 6.03. The van der Waals surface area contributed by atoms with E-state index >= 15 is 0 Å². The van der Waals surface area contributed by atoms with Crippen LogP contribution in [0.15, 0.2) is 30.3 Å². The van der Waals surface area contributed by atoms with E-state index in [1.165, 1.54) is 29.0 Å². The fourth-order valence-electron chi connectivity index (χ4n) is 2.56. The Morgan fingerprint density at radius 3 is 3.00 bits per heavy atom. The monoisotopic (exact) mass is 273 g/mol. The van der Waals surface area contributed by atoms with Crippen molar-refractivity contribution in [2.24, 2.45) is 5.73 Å². The molecule has 1 aromatic carbocycles. The molecule has 1 saturated heterocycles. The number of hydrogen-bond acceptors (Lipinski definition) is 4. The number of nitrogens with two attached hydrogens (primary N) is 1. The van der Waals surface area contributed by atoms with Crippen LogP contribution < -0.4 is 10.6 Å². The van der Waals surface area contributed by atoms with E-state index in [0.717, 1.165) is 24.3 Å². The summed E-state index contributed by atoms with van der Waals surface area (Å²) < 4.78 is 0. The van der Waals surface area contributed by atoms with Gasteiger partial charge in [0.2, 0.25) is 0 Å². The summed E-state index contributed by atoms with van der Waals surface area (Å²) in [5, 5.41) is 1.24. The zero-order valence-corrected chi connectivity index (χ0v) is 11.8. The predicted octanol–water partition coefficient (Wildman–Crippen LogP) is 2.64. The Bertz CT molecular complexity index is 562. The van der Waals surface area contributed by atoms with Crippen molar-refractivity contribution < 1.29 is 0 Å². The van der Waals surface area contributed by atoms with Gasteiger partial charge in [0.05, 0.1) is 11.2 Å². The lowest BCUT2D eigenvalue weighted by molar-refractivity contribution is 0.817. The average Bonchev–Trinajstić information content (AvgIpc) is 2.75. The van der Waals surface area contributed by atoms with Gasteiger partial charge in [-0.2, -0.15) is 11.8 Å². The van der Waals surface area contributed by atoms with Crippen molar-refractivity contribution in [2.45, 2.75) is 13.0 Å². The Labute approximate surface area is 118 Å². The molecule has 0 amide bonds. The first-order valence-corrected chi connectivity index (χ1v) is 7.95. The number of fused-ring (bicyclic) bond motifs is 1. The first-order chi connectivity index (χ1) is 9.38. The minimum Gasteiger partial charge on any atom is -0.370 e. The molecule has 1 aliphatic heterocycles. The molecule has 1 fully saturated rings. The summed E-state index contributed by atoms with van der Waals surface area (Å²) in [7, 11) is 0. The van der Waals surface area contributed by atoms with Gasteiger partial charge in [0.1, 0.15) is 0 Å². The van der Waals surface area contributed by atoms with E-state index in [2.05, 4.69) is 34.1 Å². The Morgan fingerprint density at radius 1 is 1.21 bits per heavy atom. The van der Waals surface area contributed by atoms with Gasteiger partial charge < -0.3 is 10.6 Å². The van der Waals surface area contributed by atoms with Gasteiger partial charge >= 0.3 is 0 Å². The van der Waals surface area contributed by atoms with Gasteiger partial charge in [-0.1, -0.05) is 18.2 Å². The van der Waals surface area contributed by atoms with Gasteiger partial charge in [0.25, 0.3) is 0 Å². The lowest BCUT2D eigenvalue weighted by Gasteiger charge is -2.24. The number of pyridine rings is 1. The molecular formula is C15H19N3S. The van der Waals surface area contributed by atoms with Crippen LogP contribution in [0.5, 0.6) is 0 Å². The Kier molecular flexibility index (Phi) is 3.89. The third-order valence-corrected chi connectivity index (χ3v) is 4.57. The van der Waals surface area contributed by atoms with Crippen molar-refractivity contribution in [3.05, 3.63) is 36.0 Å². The standard InChI is InChI=1S/C15H19N3S/c16-11-12-10-15(18-6-3-8-19-9-7-18)13-4-1-2-5-14(13)17-12/h1-2,4-5,10H,3,6-9,11,16H2. The van der Waals surface area contributed by atoms with Crippen molar-refractivity contribution in [3.8, 4) is 0 Å². The highest BCUT2D eigenvalue weighted by Gasteiger charge is 2.14. The number of hydrogen-bond donors (Lipinski definition) is 1. The second kappa shape index (κ2) is 5.80. The minimum absolute atomic E-state index is 0.500. The summed E-state index contributed by atoms with van der Waals surface area (Å²) in [6, 6.07) is 10.5. The van der Waals surface area contributed by atoms with Crippen LogP contribution in [0.25, 0.3) is 10.9 Å². The second-order valence-electron chi connectivity index (χ2n) is 4.81. The highest BCUT2D eigenvalue weighted by molar-refractivity contribution is 7.99. The molecule has 2 N–H and O–H groups in total. The maximum Gasteiger partial charge on any atom is 0.0726 e. The highest BCUT2D eigenvalue weighted by atomic mass is 32.2. The van der Waals surface area contributed by atoms with Gasteiger partial charge in [-0.15, -0.1) is 0 Å². The summed E-state index contributed by atoms with van der Waals surface area (Å²) in [5.41, 5.74) is 9.12. The van der Waals surface area contributed by atoms with E-state index in [1.54, 1.807) is 0 Å². The van der Waals surface area contributed by atoms with Crippen LogP contribution in [-0.4, -0.2) is 29.6 Å². The Balaban J connectivity index is 2.09. The number of benzene rings is 1. The molecule has 4 heteroatoms. The summed E-state index contributed by atoms with van der Waals surface area (Å²) in [4.78, 5) is 7.11. The van der Waals surface area contributed by atoms with Crippen molar-refractivity contribution in [1.82, 2.24) is 4.98 Å². The fourth-order valence-corrected chi connectivity index (χ4v) is 3.45. The van der Waals surface area contributed by atoms with Crippen LogP contribution in [0.1, 0.15) is 12.1 Å². The van der Waals surface area contributed by atoms with Gasteiger partial charge in [0, 0.05) is 36.5 Å². The average molecular weight is 273 g/mol. The first-order valence-electron chi connectivity index (χ1n) is 6.80. The normalized spacial score (nSPS) is 16.6. The van der Waals surface area contributed by atoms with Gasteiger partial charge in [-0.25, -0.2) is 0 Å². The van der Waals surface area contributed by atoms with Gasteiger partial charge in [-0.05, 0) is 24.3 Å². The third kappa shape index (κ3) is 2.69. The van der Waals surface area contributed by atoms with Crippen LogP contribution in [0.4, 0.5) is 5.69 Å². The molecule has 0 spiro atoms. The van der Waals surface area contributed by atoms with Crippen molar-refractivity contribution in [2.75, 3.05) is 29.5 Å². The molecule has 0 unspecified atom stereocenters. The molecule has 3 rings (SSSR count). The lowest BCUT2D eigenvalue weighted by atomic mass is 10.1. The number of rotatable bonds is 2. The summed E-state index contributed by atoms with van der Waals surface area (Å²) in [6.07, 6.45) is 1.25. The van der Waals surface area contributed by atoms with Gasteiger partial charge in [-0.3, -0.25) is 4.98 Å². The Hall–Kier alpha value is -1.26. The van der Waals surface area contributed by atoms with E-state index in [0.29, 0.717) is 6.54 Å². The van der Waals surface area contributed by atoms with Crippen LogP contribution >= 0.6 is 11.8 Å². The minimum atomic E-state index is 0.500. The molecule has 3 nitrogen and oxygen atoms in total. The molecule has 2 aromatic rings. The molecule has 0 aliphatic carbocycles. The number of aromatic nitrogens is 1. The Morgan fingerprint density at radius 2 is 2.11 bits per heavy atom. The molecule has 0 saturated carbocycles. The molecule has 2 heterocycles. The number of thioether (sulfide) groups is 1. The quantitative estimate of drug-likeness (QED) is 0.913. The lowest BCUT2D eigenvalue weighted by Crippen LogP contribution is -2.26. The predicted molar refractivity (Wildman–Crippen MR) is 83.8 cm³/mol. The molecule has 19 heavy (non-hydrogen) atoms. The highest BCUT2D eigenvalue weighted by Crippen LogP contribution is 2.28. The van der Waals surface area contributed by atoms with E-state index in [4.69, 9.17) is 5.73 Å². The smallest absolute Gasteiger partial charge is 0.0726 e. The van der Waals surface area contributed by atoms with Crippen LogP contribution in [0.2, 0.25) is 0 Å². The number of nitrogens with zero attached hydrogens (tertiary/aromatic N) is 2. The molecule has 0 bridgehead atoms. The van der Waals surface area contributed by atoms with E-state index in [9.17, 15) is 0 Å². The molecule has 1 aliphatic rings. The summed E-state index contributed by atoms with van der Waals surface area (Å²) in [6.45, 7) is 2.74. The molecular weight excluding hydrogens is 254 g/mol. The van der Waals surface area contributed by atoms with E-state index in [-0.39, 0.29) is 0 Å². The van der Waals surface area contributed by atoms with E-state index in [1.807, 2.05) is 17.8 Å². The van der Waals surface area contributed by atoms with Gasteiger partial charge in [0.15, 0.2) is 0 Å². The van der Waals surface area contributed by atoms with E-state index < -0.39 is 0 Å². The maximum atomic E-state index is 5.79. The molecule has 0 atom stereocenters. The molecule has 100 valence electrons. The van der Waals surface area contributed by atoms with Crippen LogP contribution in [0.3, 0.4) is 0 Å². The van der Waals surface area contributed by atoms with Crippen molar-refractivity contribution >= 4 is 28.4 Å². The zero-order valence-electron chi connectivity index (χ0n) is 11.0. The SMILES string of the molecule is NCc1cc(N2CCCSCC2)c2ccccc2n1. The largest absolute Gasteiger partial charge is 0.370 e. The fraction of sp³-hybridized carbons (Fsp3) is 0.400. The number of para-hydroxylation sites is 1. The van der Waals surface area contributed by atoms with Crippen LogP contribution in [-0.2, 0) is 6.54 Å². The van der Waals surface area contributed by atoms with Crippen molar-refractivity contribution in [1.29, 1.82) is 0 Å². The summed E-state index contributed by atoms with van der Waals surface area (Å²) in [5.74, 6) is 2.47. The topological polar surface area (TPSA) is 42.1 Å². The first kappa shape index (κ1) is 12.8. The zero-order chi connectivity index (χ0) is 13.1. The maximum absolute atomic E-state index is 5.79. The van der Waals surface area contributed by atoms with Crippen molar-refractivity contribution in [3.63, 3.8) is 0 Å². The van der Waals surface area contributed by atoms with Crippen LogP contribution in [0, 0.1) is 0 Å². The third-order valence-electron chi connectivity index (χ3n) is 3.52. The molecule has 1 aromatic heterocycles. The summed E-state index contributed by atoms with van der Waals surface area (Å²) >= 11 is 2.05. The molecule has 0 radical (unpaired) electrons. The number of anilines is 1.